The van der Waals surface area contributed by atoms with Crippen molar-refractivity contribution in [3.05, 3.63) is 36.0 Å². The summed E-state index contributed by atoms with van der Waals surface area (Å²) in [4.78, 5) is 20.7. The van der Waals surface area contributed by atoms with E-state index in [1.165, 1.54) is 39.2 Å². The maximum atomic E-state index is 11.6. The molecule has 0 atom stereocenters. The van der Waals surface area contributed by atoms with Gasteiger partial charge in [-0.2, -0.15) is 4.98 Å². The number of carbonyl (C=O) groups excluding carboxylic acids is 1. The second-order valence-electron chi connectivity index (χ2n) is 6.88. The van der Waals surface area contributed by atoms with Crippen molar-refractivity contribution in [1.82, 2.24) is 9.97 Å². The summed E-state index contributed by atoms with van der Waals surface area (Å²) in [5, 5.41) is 9.54. The average Bonchev–Trinajstić information content (AvgIpc) is 2.64. The topological polar surface area (TPSA) is 88.2 Å². The van der Waals surface area contributed by atoms with Crippen LogP contribution in [0.1, 0.15) is 37.8 Å². The maximum Gasteiger partial charge on any atom is 0.250 e. The second kappa shape index (κ2) is 9.32. The molecule has 0 bridgehead atoms. The maximum absolute atomic E-state index is 11.6. The Kier molecular flexibility index (Phi) is 6.59. The highest BCUT2D eigenvalue weighted by molar-refractivity contribution is 5.91. The van der Waals surface area contributed by atoms with Gasteiger partial charge < -0.3 is 20.7 Å². The average molecular weight is 369 g/mol. The highest BCUT2D eigenvalue weighted by atomic mass is 16.5. The molecule has 1 aromatic carbocycles. The van der Waals surface area contributed by atoms with Crippen molar-refractivity contribution in [3.63, 3.8) is 0 Å². The van der Waals surface area contributed by atoms with E-state index >= 15 is 0 Å². The minimum atomic E-state index is -0.178. The third-order valence-corrected chi connectivity index (χ3v) is 4.51. The smallest absolute Gasteiger partial charge is 0.250 e. The zero-order valence-corrected chi connectivity index (χ0v) is 15.9. The van der Waals surface area contributed by atoms with Crippen molar-refractivity contribution in [3.8, 4) is 0 Å². The lowest BCUT2D eigenvalue weighted by Gasteiger charge is -2.23. The largest absolute Gasteiger partial charge is 0.375 e. The number of hydrogen-bond donors (Lipinski definition) is 3. The van der Waals surface area contributed by atoms with Gasteiger partial charge in [0.2, 0.25) is 11.9 Å². The molecule has 0 unspecified atom stereocenters. The lowest BCUT2D eigenvalue weighted by atomic mass is 9.96. The number of nitrogens with zero attached hydrogens (tertiary/aromatic N) is 2. The van der Waals surface area contributed by atoms with E-state index in [2.05, 4.69) is 25.9 Å². The van der Waals surface area contributed by atoms with Crippen molar-refractivity contribution >= 4 is 29.0 Å². The van der Waals surface area contributed by atoms with Gasteiger partial charge in [0.25, 0.3) is 0 Å². The number of methoxy groups -OCH3 is 1. The lowest BCUT2D eigenvalue weighted by Crippen LogP contribution is -2.23. The van der Waals surface area contributed by atoms with Crippen LogP contribution < -0.4 is 16.0 Å². The van der Waals surface area contributed by atoms with Gasteiger partial charge in [0.05, 0.1) is 0 Å². The molecule has 1 fully saturated rings. The first-order chi connectivity index (χ1) is 13.1. The summed E-state index contributed by atoms with van der Waals surface area (Å²) in [7, 11) is 1.49. The van der Waals surface area contributed by atoms with E-state index in [0.29, 0.717) is 12.0 Å². The van der Waals surface area contributed by atoms with E-state index in [4.69, 9.17) is 4.74 Å². The molecule has 1 heterocycles. The van der Waals surface area contributed by atoms with E-state index in [1.54, 1.807) is 0 Å². The Labute approximate surface area is 159 Å². The minimum absolute atomic E-state index is 0.0387. The van der Waals surface area contributed by atoms with Crippen molar-refractivity contribution in [1.29, 1.82) is 0 Å². The van der Waals surface area contributed by atoms with Crippen LogP contribution in [0.15, 0.2) is 30.3 Å². The summed E-state index contributed by atoms with van der Waals surface area (Å²) in [6.45, 7) is 2.00. The van der Waals surface area contributed by atoms with E-state index < -0.39 is 0 Å². The number of carbonyl (C=O) groups is 1. The fourth-order valence-corrected chi connectivity index (χ4v) is 3.24. The van der Waals surface area contributed by atoms with Crippen LogP contribution in [0.3, 0.4) is 0 Å². The molecule has 0 aliphatic heterocycles. The molecule has 1 amide bonds. The number of aryl methyl sites for hydroxylation is 1. The highest BCUT2D eigenvalue weighted by Crippen LogP contribution is 2.22. The zero-order valence-electron chi connectivity index (χ0n) is 15.9. The summed E-state index contributed by atoms with van der Waals surface area (Å²) in [6.07, 6.45) is 6.21. The number of aromatic nitrogens is 2. The van der Waals surface area contributed by atoms with Crippen LogP contribution in [0.5, 0.6) is 0 Å². The van der Waals surface area contributed by atoms with E-state index in [0.717, 1.165) is 22.9 Å². The van der Waals surface area contributed by atoms with Gasteiger partial charge in [0, 0.05) is 36.3 Å². The fourth-order valence-electron chi connectivity index (χ4n) is 3.24. The number of ether oxygens (including phenoxy) is 1. The molecule has 27 heavy (non-hydrogen) atoms. The van der Waals surface area contributed by atoms with E-state index in [9.17, 15) is 4.79 Å². The fraction of sp³-hybridized carbons (Fsp3) is 0.450. The molecule has 0 radical (unpaired) electrons. The number of rotatable bonds is 7. The lowest BCUT2D eigenvalue weighted by molar-refractivity contribution is -0.119. The molecule has 3 rings (SSSR count). The summed E-state index contributed by atoms with van der Waals surface area (Å²) in [5.41, 5.74) is 2.52. The Morgan fingerprint density at radius 2 is 1.81 bits per heavy atom. The van der Waals surface area contributed by atoms with Gasteiger partial charge in [-0.15, -0.1) is 0 Å². The predicted molar refractivity (Wildman–Crippen MR) is 107 cm³/mol. The molecule has 1 aliphatic rings. The first kappa shape index (κ1) is 19.1. The van der Waals surface area contributed by atoms with Crippen LogP contribution in [0.4, 0.5) is 23.1 Å². The molecule has 0 spiro atoms. The Morgan fingerprint density at radius 1 is 1.11 bits per heavy atom. The van der Waals surface area contributed by atoms with Gasteiger partial charge in [0.1, 0.15) is 12.4 Å². The van der Waals surface area contributed by atoms with Crippen molar-refractivity contribution < 1.29 is 9.53 Å². The molecule has 7 nitrogen and oxygen atoms in total. The van der Waals surface area contributed by atoms with Crippen LogP contribution in [-0.2, 0) is 9.53 Å². The summed E-state index contributed by atoms with van der Waals surface area (Å²) < 4.78 is 4.81. The minimum Gasteiger partial charge on any atom is -0.375 e. The standard InChI is InChI=1S/C20H27N5O2/c1-14-12-18(25-20(21-14)24-15-6-4-3-5-7-15)22-16-8-10-17(11-9-16)23-19(26)13-27-2/h8-12,15H,3-7,13H2,1-2H3,(H,23,26)(H2,21,22,24,25). The van der Waals surface area contributed by atoms with Crippen LogP contribution in [0.2, 0.25) is 0 Å². The summed E-state index contributed by atoms with van der Waals surface area (Å²) >= 11 is 0. The second-order valence-corrected chi connectivity index (χ2v) is 6.88. The number of amides is 1. The van der Waals surface area contributed by atoms with Gasteiger partial charge >= 0.3 is 0 Å². The van der Waals surface area contributed by atoms with Crippen LogP contribution in [0, 0.1) is 6.92 Å². The Bertz CT molecular complexity index is 757. The van der Waals surface area contributed by atoms with Crippen molar-refractivity contribution in [2.45, 2.75) is 45.1 Å². The molecule has 144 valence electrons. The van der Waals surface area contributed by atoms with Gasteiger partial charge in [-0.05, 0) is 44.0 Å². The normalized spacial score (nSPS) is 14.6. The van der Waals surface area contributed by atoms with Gasteiger partial charge in [-0.1, -0.05) is 19.3 Å². The van der Waals surface area contributed by atoms with E-state index in [-0.39, 0.29) is 12.5 Å². The Hall–Kier alpha value is -2.67. The number of nitrogens with one attached hydrogen (secondary N) is 3. The van der Waals surface area contributed by atoms with Crippen LogP contribution >= 0.6 is 0 Å². The molecular weight excluding hydrogens is 342 g/mol. The molecule has 7 heteroatoms. The third-order valence-electron chi connectivity index (χ3n) is 4.51. The predicted octanol–water partition coefficient (Wildman–Crippen LogP) is 3.86. The quantitative estimate of drug-likeness (QED) is 0.687. The molecule has 0 saturated heterocycles. The summed E-state index contributed by atoms with van der Waals surface area (Å²) in [6, 6.07) is 9.85. The SMILES string of the molecule is COCC(=O)Nc1ccc(Nc2cc(C)nc(NC3CCCCC3)n2)cc1. The number of hydrogen-bond acceptors (Lipinski definition) is 6. The van der Waals surface area contributed by atoms with Gasteiger partial charge in [-0.3, -0.25) is 4.79 Å². The van der Waals surface area contributed by atoms with Gasteiger partial charge in [0.15, 0.2) is 0 Å². The van der Waals surface area contributed by atoms with Crippen molar-refractivity contribution in [2.75, 3.05) is 29.7 Å². The monoisotopic (exact) mass is 369 g/mol. The molecular formula is C20H27N5O2. The van der Waals surface area contributed by atoms with E-state index in [1.807, 2.05) is 37.3 Å². The van der Waals surface area contributed by atoms with Crippen LogP contribution in [0.25, 0.3) is 0 Å². The molecule has 3 N–H and O–H groups in total. The first-order valence-electron chi connectivity index (χ1n) is 9.40. The Morgan fingerprint density at radius 3 is 2.52 bits per heavy atom. The molecule has 1 aromatic heterocycles. The third kappa shape index (κ3) is 5.92. The van der Waals surface area contributed by atoms with Gasteiger partial charge in [-0.25, -0.2) is 4.98 Å². The molecule has 1 saturated carbocycles. The van der Waals surface area contributed by atoms with Crippen molar-refractivity contribution in [2.24, 2.45) is 0 Å². The Balaban J connectivity index is 1.63. The molecule has 1 aliphatic carbocycles. The number of anilines is 4. The highest BCUT2D eigenvalue weighted by Gasteiger charge is 2.14. The molecule has 2 aromatic rings. The number of benzene rings is 1. The first-order valence-corrected chi connectivity index (χ1v) is 9.40. The zero-order chi connectivity index (χ0) is 19.1. The van der Waals surface area contributed by atoms with Crippen LogP contribution in [-0.4, -0.2) is 35.6 Å². The summed E-state index contributed by atoms with van der Waals surface area (Å²) in [5.74, 6) is 1.24.